The standard InChI is InChI=1S/C7H13N3.2BrH/c1-5(6(2)8)7-3-9-4-10-7;;/h3-6H,8H2,1-2H3,(H,9,10);2*1H/t5-,6+;;/m0../s1. The number of rotatable bonds is 2. The molecule has 0 aliphatic rings. The second kappa shape index (κ2) is 6.62. The maximum Gasteiger partial charge on any atom is 0.0921 e. The second-order valence-corrected chi connectivity index (χ2v) is 2.65. The molecule has 0 aliphatic heterocycles. The summed E-state index contributed by atoms with van der Waals surface area (Å²) in [5.74, 6) is 0.363. The summed E-state index contributed by atoms with van der Waals surface area (Å²) in [6, 6.07) is 0.181. The van der Waals surface area contributed by atoms with Gasteiger partial charge in [-0.25, -0.2) is 4.98 Å². The van der Waals surface area contributed by atoms with Crippen LogP contribution in [0.2, 0.25) is 0 Å². The average Bonchev–Trinajstić information content (AvgIpc) is 2.36. The van der Waals surface area contributed by atoms with Crippen molar-refractivity contribution < 1.29 is 0 Å². The van der Waals surface area contributed by atoms with Crippen LogP contribution in [0.5, 0.6) is 0 Å². The number of nitrogens with one attached hydrogen (secondary N) is 1. The monoisotopic (exact) mass is 299 g/mol. The lowest BCUT2D eigenvalue weighted by atomic mass is 10.0. The van der Waals surface area contributed by atoms with Crippen LogP contribution in [0.4, 0.5) is 0 Å². The maximum absolute atomic E-state index is 5.68. The quantitative estimate of drug-likeness (QED) is 0.878. The highest BCUT2D eigenvalue weighted by atomic mass is 79.9. The first-order valence-corrected chi connectivity index (χ1v) is 3.45. The SMILES string of the molecule is Br.Br.C[C@H](c1cnc[nH]1)[C@@H](C)N. The zero-order valence-corrected chi connectivity index (χ0v) is 10.6. The van der Waals surface area contributed by atoms with Gasteiger partial charge in [0.2, 0.25) is 0 Å². The number of aromatic amines is 1. The van der Waals surface area contributed by atoms with Crippen LogP contribution in [0.25, 0.3) is 0 Å². The summed E-state index contributed by atoms with van der Waals surface area (Å²) in [6.07, 6.45) is 3.49. The van der Waals surface area contributed by atoms with E-state index < -0.39 is 0 Å². The zero-order valence-electron chi connectivity index (χ0n) is 7.15. The van der Waals surface area contributed by atoms with E-state index in [9.17, 15) is 0 Å². The van der Waals surface area contributed by atoms with Crippen molar-refractivity contribution >= 4 is 34.0 Å². The van der Waals surface area contributed by atoms with Gasteiger partial charge in [-0.3, -0.25) is 0 Å². The third-order valence-electron chi connectivity index (χ3n) is 1.80. The zero-order chi connectivity index (χ0) is 7.56. The van der Waals surface area contributed by atoms with Gasteiger partial charge < -0.3 is 10.7 Å². The molecular formula is C7H15Br2N3. The number of nitrogens with zero attached hydrogens (tertiary/aromatic N) is 1. The van der Waals surface area contributed by atoms with Crippen molar-refractivity contribution in [1.82, 2.24) is 9.97 Å². The van der Waals surface area contributed by atoms with E-state index in [2.05, 4.69) is 16.9 Å². The third kappa shape index (κ3) is 3.69. The second-order valence-electron chi connectivity index (χ2n) is 2.65. The van der Waals surface area contributed by atoms with Crippen molar-refractivity contribution in [1.29, 1.82) is 0 Å². The number of H-pyrrole nitrogens is 1. The van der Waals surface area contributed by atoms with Crippen LogP contribution in [-0.2, 0) is 0 Å². The number of halogens is 2. The molecule has 1 rings (SSSR count). The van der Waals surface area contributed by atoms with Crippen molar-refractivity contribution in [2.24, 2.45) is 5.73 Å². The van der Waals surface area contributed by atoms with Crippen LogP contribution in [0.1, 0.15) is 25.5 Å². The fourth-order valence-corrected chi connectivity index (χ4v) is 0.799. The Balaban J connectivity index is 0. The largest absolute Gasteiger partial charge is 0.348 e. The van der Waals surface area contributed by atoms with E-state index in [1.807, 2.05) is 13.1 Å². The Labute approximate surface area is 93.7 Å². The van der Waals surface area contributed by atoms with Gasteiger partial charge in [-0.05, 0) is 6.92 Å². The van der Waals surface area contributed by atoms with E-state index in [0.717, 1.165) is 5.69 Å². The van der Waals surface area contributed by atoms with Gasteiger partial charge in [0.05, 0.1) is 6.33 Å². The van der Waals surface area contributed by atoms with E-state index in [4.69, 9.17) is 5.73 Å². The summed E-state index contributed by atoms with van der Waals surface area (Å²) < 4.78 is 0. The van der Waals surface area contributed by atoms with Gasteiger partial charge in [0, 0.05) is 23.9 Å². The number of nitrogens with two attached hydrogens (primary N) is 1. The normalized spacial score (nSPS) is 13.9. The fourth-order valence-electron chi connectivity index (χ4n) is 0.799. The molecule has 2 atom stereocenters. The first kappa shape index (κ1) is 14.6. The van der Waals surface area contributed by atoms with E-state index in [-0.39, 0.29) is 40.0 Å². The highest BCUT2D eigenvalue weighted by Crippen LogP contribution is 2.13. The summed E-state index contributed by atoms with van der Waals surface area (Å²) in [4.78, 5) is 6.94. The van der Waals surface area contributed by atoms with Crippen molar-refractivity contribution in [3.8, 4) is 0 Å². The maximum atomic E-state index is 5.68. The van der Waals surface area contributed by atoms with Gasteiger partial charge in [-0.2, -0.15) is 0 Å². The molecule has 1 heterocycles. The van der Waals surface area contributed by atoms with Crippen LogP contribution >= 0.6 is 34.0 Å². The predicted octanol–water partition coefficient (Wildman–Crippen LogP) is 2.02. The molecule has 5 heteroatoms. The average molecular weight is 301 g/mol. The molecule has 0 radical (unpaired) electrons. The van der Waals surface area contributed by atoms with Crippen LogP contribution in [0, 0.1) is 0 Å². The molecule has 1 aromatic heterocycles. The van der Waals surface area contributed by atoms with Crippen LogP contribution in [0.15, 0.2) is 12.5 Å². The Bertz CT molecular complexity index is 187. The Morgan fingerprint density at radius 1 is 1.42 bits per heavy atom. The molecule has 3 N–H and O–H groups in total. The first-order valence-electron chi connectivity index (χ1n) is 3.45. The van der Waals surface area contributed by atoms with Gasteiger partial charge >= 0.3 is 0 Å². The summed E-state index contributed by atoms with van der Waals surface area (Å²) in [6.45, 7) is 4.07. The molecule has 0 saturated carbocycles. The minimum absolute atomic E-state index is 0. The molecule has 0 unspecified atom stereocenters. The fraction of sp³-hybridized carbons (Fsp3) is 0.571. The molecule has 0 spiro atoms. The topological polar surface area (TPSA) is 54.7 Å². The molecular weight excluding hydrogens is 286 g/mol. The van der Waals surface area contributed by atoms with Crippen LogP contribution in [0.3, 0.4) is 0 Å². The van der Waals surface area contributed by atoms with E-state index in [1.165, 1.54) is 0 Å². The molecule has 72 valence electrons. The molecule has 0 fully saturated rings. The number of hydrogen-bond donors (Lipinski definition) is 2. The Morgan fingerprint density at radius 2 is 2.00 bits per heavy atom. The Kier molecular flexibility index (Phi) is 8.08. The lowest BCUT2D eigenvalue weighted by Gasteiger charge is -2.12. The summed E-state index contributed by atoms with van der Waals surface area (Å²) in [7, 11) is 0. The number of hydrogen-bond acceptors (Lipinski definition) is 2. The van der Waals surface area contributed by atoms with E-state index >= 15 is 0 Å². The predicted molar refractivity (Wildman–Crippen MR) is 61.3 cm³/mol. The highest BCUT2D eigenvalue weighted by molar-refractivity contribution is 8.93. The summed E-state index contributed by atoms with van der Waals surface area (Å²) in [5, 5.41) is 0. The molecule has 0 saturated heterocycles. The molecule has 0 bridgehead atoms. The van der Waals surface area contributed by atoms with E-state index in [0.29, 0.717) is 5.92 Å². The third-order valence-corrected chi connectivity index (χ3v) is 1.80. The lowest BCUT2D eigenvalue weighted by Crippen LogP contribution is -2.22. The number of aromatic nitrogens is 2. The van der Waals surface area contributed by atoms with Crippen LogP contribution in [-0.4, -0.2) is 16.0 Å². The van der Waals surface area contributed by atoms with E-state index in [1.54, 1.807) is 6.33 Å². The van der Waals surface area contributed by atoms with Gasteiger partial charge in [0.1, 0.15) is 0 Å². The Morgan fingerprint density at radius 3 is 2.33 bits per heavy atom. The molecule has 0 aromatic carbocycles. The van der Waals surface area contributed by atoms with Crippen LogP contribution < -0.4 is 5.73 Å². The minimum atomic E-state index is 0. The summed E-state index contributed by atoms with van der Waals surface area (Å²) >= 11 is 0. The minimum Gasteiger partial charge on any atom is -0.348 e. The smallest absolute Gasteiger partial charge is 0.0921 e. The van der Waals surface area contributed by atoms with Crippen molar-refractivity contribution in [3.05, 3.63) is 18.2 Å². The van der Waals surface area contributed by atoms with Crippen molar-refractivity contribution in [2.45, 2.75) is 25.8 Å². The number of imidazole rings is 1. The molecule has 12 heavy (non-hydrogen) atoms. The van der Waals surface area contributed by atoms with Gasteiger partial charge in [0.25, 0.3) is 0 Å². The van der Waals surface area contributed by atoms with Gasteiger partial charge in [-0.1, -0.05) is 6.92 Å². The van der Waals surface area contributed by atoms with Gasteiger partial charge in [-0.15, -0.1) is 34.0 Å². The molecule has 0 amide bonds. The first-order chi connectivity index (χ1) is 4.72. The molecule has 0 aliphatic carbocycles. The van der Waals surface area contributed by atoms with Crippen molar-refractivity contribution in [2.75, 3.05) is 0 Å². The highest BCUT2D eigenvalue weighted by Gasteiger charge is 2.10. The van der Waals surface area contributed by atoms with Gasteiger partial charge in [0.15, 0.2) is 0 Å². The molecule has 1 aromatic rings. The lowest BCUT2D eigenvalue weighted by molar-refractivity contribution is 0.601. The summed E-state index contributed by atoms with van der Waals surface area (Å²) in [5.41, 5.74) is 6.79. The van der Waals surface area contributed by atoms with Crippen molar-refractivity contribution in [3.63, 3.8) is 0 Å². The Hall–Kier alpha value is 0.130. The molecule has 3 nitrogen and oxygen atoms in total.